The van der Waals surface area contributed by atoms with Gasteiger partial charge in [0.1, 0.15) is 21.7 Å². The van der Waals surface area contributed by atoms with Crippen LogP contribution in [0.4, 0.5) is 0 Å². The van der Waals surface area contributed by atoms with E-state index >= 15 is 0 Å². The van der Waals surface area contributed by atoms with Crippen LogP contribution in [0.5, 0.6) is 0 Å². The monoisotopic (exact) mass is 434 g/mol. The van der Waals surface area contributed by atoms with Crippen LogP contribution in [-0.4, -0.2) is 19.9 Å². The van der Waals surface area contributed by atoms with Gasteiger partial charge in [-0.15, -0.1) is 0 Å². The Morgan fingerprint density at radius 1 is 0.500 bits per heavy atom. The van der Waals surface area contributed by atoms with Gasteiger partial charge in [-0.2, -0.15) is 20.5 Å². The van der Waals surface area contributed by atoms with Crippen LogP contribution in [0.2, 0.25) is 0 Å². The molecule has 0 saturated heterocycles. The molecule has 0 aliphatic heterocycles. The molecule has 7 rings (SSSR count). The van der Waals surface area contributed by atoms with E-state index in [1.54, 1.807) is 0 Å². The predicted molar refractivity (Wildman–Crippen MR) is 127 cm³/mol. The van der Waals surface area contributed by atoms with Gasteiger partial charge in [-0.1, -0.05) is 48.5 Å². The van der Waals surface area contributed by atoms with Gasteiger partial charge in [-0.05, 0) is 12.1 Å². The number of fused-ring (bicyclic) bond motifs is 8. The van der Waals surface area contributed by atoms with Crippen LogP contribution >= 0.6 is 0 Å². The minimum Gasteiger partial charge on any atom is -0.244 e. The van der Waals surface area contributed by atoms with Gasteiger partial charge in [0.25, 0.3) is 0 Å². The fraction of sp³-hybridized carbons (Fsp3) is 0. The van der Waals surface area contributed by atoms with Gasteiger partial charge in [0.2, 0.25) is 12.4 Å². The van der Waals surface area contributed by atoms with E-state index in [1.807, 2.05) is 73.0 Å². The van der Waals surface area contributed by atoms with Crippen molar-refractivity contribution in [2.45, 2.75) is 0 Å². The van der Waals surface area contributed by atoms with Gasteiger partial charge in [0.05, 0.1) is 33.1 Å². The molecule has 0 atom stereocenters. The number of hydrogen-bond acceptors (Lipinski definition) is 8. The molecule has 2 heterocycles. The number of benzene rings is 3. The molecule has 7 aromatic rings. The molecule has 0 N–H and O–H groups in total. The minimum absolute atomic E-state index is 0.522. The second kappa shape index (κ2) is 6.58. The molecule has 0 unspecified atom stereocenters. The molecule has 0 fully saturated rings. The molecule has 0 spiro atoms. The molecular formula is C26H10N8. The molecular weight excluding hydrogens is 424 g/mol. The van der Waals surface area contributed by atoms with Crippen LogP contribution in [0.15, 0.2) is 70.6 Å². The third-order valence-corrected chi connectivity index (χ3v) is 6.10. The summed E-state index contributed by atoms with van der Waals surface area (Å²) < 4.78 is 0. The van der Waals surface area contributed by atoms with Crippen molar-refractivity contribution in [3.05, 3.63) is 71.4 Å². The molecule has 0 amide bonds. The third-order valence-electron chi connectivity index (χ3n) is 6.10. The summed E-state index contributed by atoms with van der Waals surface area (Å²) in [5.41, 5.74) is 5.11. The second-order valence-electron chi connectivity index (χ2n) is 7.88. The molecule has 0 aliphatic rings. The van der Waals surface area contributed by atoms with E-state index in [2.05, 4.69) is 9.98 Å². The lowest BCUT2D eigenvalue weighted by Gasteiger charge is -2.02. The van der Waals surface area contributed by atoms with E-state index < -0.39 is 0 Å². The van der Waals surface area contributed by atoms with E-state index in [0.717, 1.165) is 21.5 Å². The maximum Gasteiger partial charge on any atom is 0.206 e. The van der Waals surface area contributed by atoms with Crippen molar-refractivity contribution in [1.29, 1.82) is 10.5 Å². The topological polar surface area (TPSA) is 124 Å². The van der Waals surface area contributed by atoms with E-state index in [0.29, 0.717) is 54.8 Å². The maximum absolute atomic E-state index is 9.23. The molecule has 0 radical (unpaired) electrons. The Morgan fingerprint density at radius 2 is 0.853 bits per heavy atom. The molecule has 2 aromatic heterocycles. The summed E-state index contributed by atoms with van der Waals surface area (Å²) in [5.74, 6) is 0. The molecule has 8 heteroatoms. The van der Waals surface area contributed by atoms with Crippen molar-refractivity contribution in [1.82, 2.24) is 19.9 Å². The standard InChI is InChI=1S/C26H10N8/c27-11-29-21-13-5-1-3-7-15(13)23-25(21)33-19-10-18-20(9-17(19)31-23)34-26-22(30-12-28)14-6-2-4-8-16(14)24(26)32-18/h1-10H/b29-21+,30-22+. The summed E-state index contributed by atoms with van der Waals surface area (Å²) in [6.45, 7) is 0. The average molecular weight is 434 g/mol. The van der Waals surface area contributed by atoms with Crippen molar-refractivity contribution in [2.75, 3.05) is 0 Å². The highest BCUT2D eigenvalue weighted by molar-refractivity contribution is 6.12. The summed E-state index contributed by atoms with van der Waals surface area (Å²) in [6, 6.07) is 19.1. The first-order valence-corrected chi connectivity index (χ1v) is 10.4. The van der Waals surface area contributed by atoms with Gasteiger partial charge in [-0.3, -0.25) is 0 Å². The molecule has 0 aliphatic carbocycles. The normalized spacial score (nSPS) is 13.0. The lowest BCUT2D eigenvalue weighted by molar-refractivity contribution is 1.33. The Hall–Kier alpha value is -5.34. The SMILES string of the molecule is N#C/N=c1\c2ccccc2c2nc3cc4nc5/c(=N/C#N)c6ccccc6c5nc4cc3nc12. The number of aromatic nitrogens is 4. The van der Waals surface area contributed by atoms with Gasteiger partial charge in [0.15, 0.2) is 0 Å². The number of rotatable bonds is 0. The molecule has 154 valence electrons. The maximum atomic E-state index is 9.23. The zero-order valence-electron chi connectivity index (χ0n) is 17.4. The average Bonchev–Trinajstić information content (AvgIpc) is 3.33. The van der Waals surface area contributed by atoms with Gasteiger partial charge >= 0.3 is 0 Å². The van der Waals surface area contributed by atoms with Crippen LogP contribution in [0.25, 0.3) is 65.7 Å². The summed E-state index contributed by atoms with van der Waals surface area (Å²) in [5, 5.41) is 23.0. The van der Waals surface area contributed by atoms with Crippen LogP contribution < -0.4 is 10.7 Å². The predicted octanol–water partition coefficient (Wildman–Crippen LogP) is 3.82. The van der Waals surface area contributed by atoms with Gasteiger partial charge in [0, 0.05) is 21.5 Å². The number of nitriles is 2. The summed E-state index contributed by atoms with van der Waals surface area (Å²) in [7, 11) is 0. The molecule has 0 saturated carbocycles. The quantitative estimate of drug-likeness (QED) is 0.264. The highest BCUT2D eigenvalue weighted by Gasteiger charge is 2.16. The van der Waals surface area contributed by atoms with E-state index in [4.69, 9.17) is 19.9 Å². The van der Waals surface area contributed by atoms with Crippen molar-refractivity contribution < 1.29 is 0 Å². The van der Waals surface area contributed by atoms with Crippen molar-refractivity contribution in [3.8, 4) is 12.4 Å². The Bertz CT molecular complexity index is 2040. The number of nitrogens with zero attached hydrogens (tertiary/aromatic N) is 8. The van der Waals surface area contributed by atoms with Crippen LogP contribution in [0.1, 0.15) is 0 Å². The van der Waals surface area contributed by atoms with Crippen molar-refractivity contribution >= 4 is 65.7 Å². The lowest BCUT2D eigenvalue weighted by Crippen LogP contribution is -2.01. The minimum atomic E-state index is 0.522. The fourth-order valence-electron chi connectivity index (χ4n) is 4.69. The second-order valence-corrected chi connectivity index (χ2v) is 7.88. The molecule has 5 aromatic carbocycles. The van der Waals surface area contributed by atoms with Crippen LogP contribution in [0, 0.1) is 22.9 Å². The first kappa shape index (κ1) is 18.3. The lowest BCUT2D eigenvalue weighted by atomic mass is 10.2. The van der Waals surface area contributed by atoms with Gasteiger partial charge < -0.3 is 0 Å². The molecule has 0 bridgehead atoms. The van der Waals surface area contributed by atoms with Crippen molar-refractivity contribution in [3.63, 3.8) is 0 Å². The van der Waals surface area contributed by atoms with E-state index in [1.165, 1.54) is 0 Å². The Labute approximate surface area is 190 Å². The highest BCUT2D eigenvalue weighted by Crippen LogP contribution is 2.28. The number of hydrogen-bond donors (Lipinski definition) is 0. The smallest absolute Gasteiger partial charge is 0.206 e. The third kappa shape index (κ3) is 2.34. The van der Waals surface area contributed by atoms with Gasteiger partial charge in [-0.25, -0.2) is 19.9 Å². The zero-order chi connectivity index (χ0) is 22.8. The first-order chi connectivity index (χ1) is 16.8. The van der Waals surface area contributed by atoms with Crippen LogP contribution in [0.3, 0.4) is 0 Å². The first-order valence-electron chi connectivity index (χ1n) is 10.4. The van der Waals surface area contributed by atoms with E-state index in [-0.39, 0.29) is 0 Å². The fourth-order valence-corrected chi connectivity index (χ4v) is 4.69. The summed E-state index contributed by atoms with van der Waals surface area (Å²) in [4.78, 5) is 27.4. The van der Waals surface area contributed by atoms with Crippen molar-refractivity contribution in [2.24, 2.45) is 9.98 Å². The largest absolute Gasteiger partial charge is 0.244 e. The Kier molecular flexibility index (Phi) is 3.53. The zero-order valence-corrected chi connectivity index (χ0v) is 17.4. The van der Waals surface area contributed by atoms with E-state index in [9.17, 15) is 10.5 Å². The molecule has 34 heavy (non-hydrogen) atoms. The molecule has 8 nitrogen and oxygen atoms in total. The highest BCUT2D eigenvalue weighted by atomic mass is 14.9. The Morgan fingerprint density at radius 3 is 1.24 bits per heavy atom. The van der Waals surface area contributed by atoms with Crippen LogP contribution in [-0.2, 0) is 0 Å². The summed E-state index contributed by atoms with van der Waals surface area (Å²) in [6.07, 6.45) is 3.77. The Balaban J connectivity index is 1.65. The summed E-state index contributed by atoms with van der Waals surface area (Å²) >= 11 is 0.